The second-order valence-corrected chi connectivity index (χ2v) is 4.70. The van der Waals surface area contributed by atoms with Crippen LogP contribution in [0.3, 0.4) is 0 Å². The summed E-state index contributed by atoms with van der Waals surface area (Å²) in [5, 5.41) is 10.1. The van der Waals surface area contributed by atoms with E-state index in [1.165, 1.54) is 17.8 Å². The molecule has 0 aliphatic heterocycles. The van der Waals surface area contributed by atoms with Crippen molar-refractivity contribution in [1.82, 2.24) is 4.98 Å². The zero-order chi connectivity index (χ0) is 12.3. The number of rotatable bonds is 3. The van der Waals surface area contributed by atoms with Gasteiger partial charge in [0.1, 0.15) is 10.8 Å². The van der Waals surface area contributed by atoms with Gasteiger partial charge in [-0.1, -0.05) is 23.9 Å². The van der Waals surface area contributed by atoms with E-state index in [2.05, 4.69) is 4.98 Å². The smallest absolute Gasteiger partial charge is 0.137 e. The highest BCUT2D eigenvalue weighted by Crippen LogP contribution is 2.29. The number of halogens is 1. The first-order valence-corrected chi connectivity index (χ1v) is 6.05. The molecule has 1 N–H and O–H groups in total. The number of hydrogen-bond donors (Lipinski definition) is 1. The lowest BCUT2D eigenvalue weighted by Crippen LogP contribution is -1.92. The zero-order valence-corrected chi connectivity index (χ0v) is 10.1. The van der Waals surface area contributed by atoms with Gasteiger partial charge in [-0.05, 0) is 36.8 Å². The number of aromatic nitrogens is 1. The molecule has 0 spiro atoms. The Kier molecular flexibility index (Phi) is 3.76. The van der Waals surface area contributed by atoms with Crippen LogP contribution in [0.1, 0.15) is 18.6 Å². The van der Waals surface area contributed by atoms with Gasteiger partial charge < -0.3 is 5.11 Å². The van der Waals surface area contributed by atoms with E-state index in [9.17, 15) is 9.50 Å². The first-order valence-electron chi connectivity index (χ1n) is 5.23. The number of nitrogens with zero attached hydrogens (tertiary/aromatic N) is 1. The Morgan fingerprint density at radius 3 is 2.76 bits per heavy atom. The van der Waals surface area contributed by atoms with Gasteiger partial charge in [-0.25, -0.2) is 9.37 Å². The molecule has 4 heteroatoms. The predicted molar refractivity (Wildman–Crippen MR) is 65.4 cm³/mol. The molecule has 0 unspecified atom stereocenters. The minimum absolute atomic E-state index is 0.262. The van der Waals surface area contributed by atoms with Crippen molar-refractivity contribution in [3.8, 4) is 0 Å². The molecule has 0 saturated carbocycles. The minimum atomic E-state index is -0.544. The van der Waals surface area contributed by atoms with Gasteiger partial charge in [-0.2, -0.15) is 0 Å². The summed E-state index contributed by atoms with van der Waals surface area (Å²) in [6.07, 6.45) is 1.07. The summed E-state index contributed by atoms with van der Waals surface area (Å²) in [6.45, 7) is 1.69. The van der Waals surface area contributed by atoms with Crippen LogP contribution < -0.4 is 0 Å². The van der Waals surface area contributed by atoms with Crippen molar-refractivity contribution in [3.63, 3.8) is 0 Å². The molecule has 2 aromatic rings. The molecule has 17 heavy (non-hydrogen) atoms. The maximum Gasteiger partial charge on any atom is 0.137 e. The van der Waals surface area contributed by atoms with Crippen LogP contribution >= 0.6 is 11.8 Å². The van der Waals surface area contributed by atoms with E-state index in [4.69, 9.17) is 0 Å². The molecule has 0 bridgehead atoms. The Hall–Kier alpha value is -1.39. The molecular formula is C13H12FNOS. The lowest BCUT2D eigenvalue weighted by molar-refractivity contribution is 0.199. The van der Waals surface area contributed by atoms with E-state index in [1.807, 2.05) is 0 Å². The molecule has 1 heterocycles. The molecule has 0 fully saturated rings. The van der Waals surface area contributed by atoms with E-state index in [-0.39, 0.29) is 5.82 Å². The topological polar surface area (TPSA) is 33.1 Å². The van der Waals surface area contributed by atoms with Crippen molar-refractivity contribution in [2.75, 3.05) is 0 Å². The fraction of sp³-hybridized carbons (Fsp3) is 0.154. The molecule has 2 rings (SSSR count). The van der Waals surface area contributed by atoms with E-state index in [0.29, 0.717) is 9.92 Å². The summed E-state index contributed by atoms with van der Waals surface area (Å²) in [5.74, 6) is -0.262. The van der Waals surface area contributed by atoms with E-state index >= 15 is 0 Å². The first-order chi connectivity index (χ1) is 8.16. The molecule has 0 aliphatic rings. The average Bonchev–Trinajstić information content (AvgIpc) is 2.32. The molecule has 0 amide bonds. The standard InChI is InChI=1S/C13H12FNOS/c1-9(16)10-6-7-15-13(8-10)17-12-5-3-2-4-11(12)14/h2-9,16H,1H3/t9-/m1/s1. The Bertz CT molecular complexity index is 516. The largest absolute Gasteiger partial charge is 0.389 e. The van der Waals surface area contributed by atoms with Crippen LogP contribution in [-0.2, 0) is 0 Å². The highest BCUT2D eigenvalue weighted by atomic mass is 32.2. The van der Waals surface area contributed by atoms with Crippen LogP contribution in [0, 0.1) is 5.82 Å². The van der Waals surface area contributed by atoms with Crippen molar-refractivity contribution in [3.05, 3.63) is 54.0 Å². The highest BCUT2D eigenvalue weighted by molar-refractivity contribution is 7.99. The van der Waals surface area contributed by atoms with Gasteiger partial charge in [0, 0.05) is 11.1 Å². The van der Waals surface area contributed by atoms with Gasteiger partial charge in [0.2, 0.25) is 0 Å². The molecule has 1 aromatic carbocycles. The predicted octanol–water partition coefficient (Wildman–Crippen LogP) is 3.43. The molecule has 1 atom stereocenters. The van der Waals surface area contributed by atoms with Crippen molar-refractivity contribution in [2.24, 2.45) is 0 Å². The maximum absolute atomic E-state index is 13.4. The van der Waals surface area contributed by atoms with Crippen LogP contribution in [0.4, 0.5) is 4.39 Å². The molecule has 0 saturated heterocycles. The molecule has 88 valence electrons. The minimum Gasteiger partial charge on any atom is -0.389 e. The van der Waals surface area contributed by atoms with Crippen LogP contribution in [0.5, 0.6) is 0 Å². The Morgan fingerprint density at radius 2 is 2.06 bits per heavy atom. The quantitative estimate of drug-likeness (QED) is 0.904. The molecule has 2 nitrogen and oxygen atoms in total. The van der Waals surface area contributed by atoms with Gasteiger partial charge in [0.25, 0.3) is 0 Å². The first kappa shape index (κ1) is 12.1. The number of pyridine rings is 1. The van der Waals surface area contributed by atoms with Gasteiger partial charge >= 0.3 is 0 Å². The maximum atomic E-state index is 13.4. The Labute approximate surface area is 104 Å². The second kappa shape index (κ2) is 5.29. The molecule has 1 aromatic heterocycles. The van der Waals surface area contributed by atoms with Crippen molar-refractivity contribution in [1.29, 1.82) is 0 Å². The Morgan fingerprint density at radius 1 is 1.29 bits per heavy atom. The van der Waals surface area contributed by atoms with Gasteiger partial charge in [-0.3, -0.25) is 0 Å². The third-order valence-electron chi connectivity index (χ3n) is 2.29. The highest BCUT2D eigenvalue weighted by Gasteiger charge is 2.06. The SMILES string of the molecule is C[C@@H](O)c1ccnc(Sc2ccccc2F)c1. The monoisotopic (exact) mass is 249 g/mol. The van der Waals surface area contributed by atoms with Crippen LogP contribution in [0.15, 0.2) is 52.5 Å². The van der Waals surface area contributed by atoms with Gasteiger partial charge in [0.05, 0.1) is 6.10 Å². The molecular weight excluding hydrogens is 237 g/mol. The molecule has 0 radical (unpaired) electrons. The Balaban J connectivity index is 2.25. The number of hydrogen-bond acceptors (Lipinski definition) is 3. The summed E-state index contributed by atoms with van der Waals surface area (Å²) in [4.78, 5) is 4.67. The van der Waals surface area contributed by atoms with E-state index in [0.717, 1.165) is 5.56 Å². The van der Waals surface area contributed by atoms with Crippen molar-refractivity contribution in [2.45, 2.75) is 22.9 Å². The van der Waals surface area contributed by atoms with Crippen molar-refractivity contribution >= 4 is 11.8 Å². The molecule has 0 aliphatic carbocycles. The van der Waals surface area contributed by atoms with Crippen molar-refractivity contribution < 1.29 is 9.50 Å². The number of aliphatic hydroxyl groups is 1. The third-order valence-corrected chi connectivity index (χ3v) is 3.28. The third kappa shape index (κ3) is 3.05. The van der Waals surface area contributed by atoms with Gasteiger partial charge in [-0.15, -0.1) is 0 Å². The summed E-state index contributed by atoms with van der Waals surface area (Å²) >= 11 is 1.25. The average molecular weight is 249 g/mol. The van der Waals surface area contributed by atoms with E-state index in [1.54, 1.807) is 43.5 Å². The van der Waals surface area contributed by atoms with Crippen LogP contribution in [-0.4, -0.2) is 10.1 Å². The number of benzene rings is 1. The summed E-state index contributed by atoms with van der Waals surface area (Å²) < 4.78 is 13.4. The van der Waals surface area contributed by atoms with Gasteiger partial charge in [0.15, 0.2) is 0 Å². The van der Waals surface area contributed by atoms with Crippen LogP contribution in [0.25, 0.3) is 0 Å². The normalized spacial score (nSPS) is 12.4. The second-order valence-electron chi connectivity index (χ2n) is 3.64. The summed E-state index contributed by atoms with van der Waals surface area (Å²) in [6, 6.07) is 10.1. The summed E-state index contributed by atoms with van der Waals surface area (Å²) in [5.41, 5.74) is 0.777. The number of aliphatic hydroxyl groups excluding tert-OH is 1. The lowest BCUT2D eigenvalue weighted by Gasteiger charge is -2.06. The van der Waals surface area contributed by atoms with E-state index < -0.39 is 6.10 Å². The fourth-order valence-corrected chi connectivity index (χ4v) is 2.23. The fourth-order valence-electron chi connectivity index (χ4n) is 1.38. The zero-order valence-electron chi connectivity index (χ0n) is 9.30. The lowest BCUT2D eigenvalue weighted by atomic mass is 10.2. The van der Waals surface area contributed by atoms with Crippen LogP contribution in [0.2, 0.25) is 0 Å². The summed E-state index contributed by atoms with van der Waals surface area (Å²) in [7, 11) is 0.